The average Bonchev–Trinajstić information content (AvgIpc) is 2.82. The number of aliphatic hydroxyl groups is 3. The van der Waals surface area contributed by atoms with E-state index in [2.05, 4.69) is 10.3 Å². The van der Waals surface area contributed by atoms with Crippen molar-refractivity contribution >= 4 is 17.7 Å². The SMILES string of the molecule is N[C@@H](CC(=O)Nc1ccn([C@@H]2O[C@H](CO)[C@@H](O)[C@@H]2O)c(=O)n1)C(=O)O.O. The van der Waals surface area contributed by atoms with E-state index in [4.69, 9.17) is 20.7 Å². The van der Waals surface area contributed by atoms with Crippen LogP contribution in [-0.4, -0.2) is 78.3 Å². The van der Waals surface area contributed by atoms with Gasteiger partial charge in [0.25, 0.3) is 0 Å². The molecule has 0 saturated carbocycles. The van der Waals surface area contributed by atoms with Crippen molar-refractivity contribution in [2.75, 3.05) is 11.9 Å². The number of nitrogens with zero attached hydrogens (tertiary/aromatic N) is 2. The van der Waals surface area contributed by atoms with Crippen LogP contribution in [0.2, 0.25) is 0 Å². The highest BCUT2D eigenvalue weighted by Crippen LogP contribution is 2.28. The molecular weight excluding hydrogens is 356 g/mol. The van der Waals surface area contributed by atoms with Crippen molar-refractivity contribution < 1.29 is 40.2 Å². The van der Waals surface area contributed by atoms with Gasteiger partial charge >= 0.3 is 11.7 Å². The normalized spacial score (nSPS) is 26.0. The van der Waals surface area contributed by atoms with Crippen LogP contribution in [0.4, 0.5) is 5.82 Å². The maximum atomic E-state index is 12.0. The number of aliphatic hydroxyl groups excluding tert-OH is 3. The zero-order valence-electron chi connectivity index (χ0n) is 13.3. The van der Waals surface area contributed by atoms with Gasteiger partial charge in [-0.25, -0.2) is 4.79 Å². The van der Waals surface area contributed by atoms with Crippen LogP contribution in [-0.2, 0) is 14.3 Å². The Morgan fingerprint density at radius 1 is 1.38 bits per heavy atom. The van der Waals surface area contributed by atoms with Crippen molar-refractivity contribution in [2.45, 2.75) is 37.0 Å². The third kappa shape index (κ3) is 4.60. The Morgan fingerprint density at radius 3 is 2.54 bits per heavy atom. The zero-order valence-corrected chi connectivity index (χ0v) is 13.3. The Bertz CT molecular complexity index is 709. The summed E-state index contributed by atoms with van der Waals surface area (Å²) in [6, 6.07) is -0.167. The van der Waals surface area contributed by atoms with Crippen LogP contribution < -0.4 is 16.7 Å². The number of carbonyl (C=O) groups excluding carboxylic acids is 1. The van der Waals surface area contributed by atoms with Gasteiger partial charge in [0.05, 0.1) is 13.0 Å². The number of carbonyl (C=O) groups is 2. The summed E-state index contributed by atoms with van der Waals surface area (Å²) in [4.78, 5) is 37.8. The van der Waals surface area contributed by atoms with E-state index in [1.165, 1.54) is 12.3 Å². The summed E-state index contributed by atoms with van der Waals surface area (Å²) in [5.41, 5.74) is 4.33. The third-order valence-corrected chi connectivity index (χ3v) is 3.61. The van der Waals surface area contributed by atoms with Crippen LogP contribution >= 0.6 is 0 Å². The summed E-state index contributed by atoms with van der Waals surface area (Å²) in [5, 5.41) is 39.5. The number of hydrogen-bond acceptors (Lipinski definition) is 9. The first kappa shape index (κ1) is 21.6. The molecule has 13 nitrogen and oxygen atoms in total. The third-order valence-electron chi connectivity index (χ3n) is 3.61. The van der Waals surface area contributed by atoms with Crippen molar-refractivity contribution in [2.24, 2.45) is 5.73 Å². The van der Waals surface area contributed by atoms with Gasteiger partial charge < -0.3 is 41.7 Å². The number of ether oxygens (including phenoxy) is 1. The lowest BCUT2D eigenvalue weighted by Crippen LogP contribution is -2.36. The molecule has 1 aromatic heterocycles. The van der Waals surface area contributed by atoms with Crippen molar-refractivity contribution in [1.82, 2.24) is 9.55 Å². The van der Waals surface area contributed by atoms with E-state index < -0.39 is 61.2 Å². The smallest absolute Gasteiger partial charge is 0.351 e. The van der Waals surface area contributed by atoms with E-state index in [-0.39, 0.29) is 11.3 Å². The second-order valence-corrected chi connectivity index (χ2v) is 5.43. The molecule has 0 bridgehead atoms. The quantitative estimate of drug-likeness (QED) is 0.280. The molecule has 26 heavy (non-hydrogen) atoms. The number of amides is 1. The van der Waals surface area contributed by atoms with Crippen molar-refractivity contribution in [1.29, 1.82) is 0 Å². The van der Waals surface area contributed by atoms with Gasteiger partial charge in [-0.3, -0.25) is 14.2 Å². The van der Waals surface area contributed by atoms with Crippen LogP contribution in [0.5, 0.6) is 0 Å². The predicted octanol–water partition coefficient (Wildman–Crippen LogP) is -4.23. The Balaban J connectivity index is 0.00000338. The summed E-state index contributed by atoms with van der Waals surface area (Å²) in [6.07, 6.45) is -4.47. The minimum atomic E-state index is -1.45. The van der Waals surface area contributed by atoms with Gasteiger partial charge in [-0.05, 0) is 6.07 Å². The Labute approximate surface area is 146 Å². The van der Waals surface area contributed by atoms with Gasteiger partial charge in [0.2, 0.25) is 5.91 Å². The molecule has 9 N–H and O–H groups in total. The van der Waals surface area contributed by atoms with E-state index in [9.17, 15) is 24.6 Å². The molecule has 1 aliphatic heterocycles. The fourth-order valence-corrected chi connectivity index (χ4v) is 2.27. The lowest BCUT2D eigenvalue weighted by molar-refractivity contribution is -0.140. The number of anilines is 1. The molecule has 0 aliphatic carbocycles. The number of nitrogens with one attached hydrogen (secondary N) is 1. The second kappa shape index (κ2) is 8.79. The van der Waals surface area contributed by atoms with Crippen molar-refractivity contribution in [3.63, 3.8) is 0 Å². The highest BCUT2D eigenvalue weighted by molar-refractivity contribution is 5.93. The molecule has 0 radical (unpaired) electrons. The summed E-state index contributed by atoms with van der Waals surface area (Å²) in [7, 11) is 0. The fourth-order valence-electron chi connectivity index (χ4n) is 2.27. The number of carboxylic acids is 1. The first-order chi connectivity index (χ1) is 11.7. The lowest BCUT2D eigenvalue weighted by Gasteiger charge is -2.17. The average molecular weight is 376 g/mol. The fraction of sp³-hybridized carbons (Fsp3) is 0.538. The van der Waals surface area contributed by atoms with E-state index in [1.54, 1.807) is 0 Å². The molecule has 2 rings (SSSR count). The maximum Gasteiger partial charge on any atom is 0.351 e. The van der Waals surface area contributed by atoms with Crippen LogP contribution in [0.1, 0.15) is 12.6 Å². The van der Waals surface area contributed by atoms with E-state index in [1.807, 2.05) is 0 Å². The van der Waals surface area contributed by atoms with E-state index >= 15 is 0 Å². The van der Waals surface area contributed by atoms with Gasteiger partial charge in [-0.1, -0.05) is 0 Å². The molecule has 13 heteroatoms. The molecule has 0 spiro atoms. The highest BCUT2D eigenvalue weighted by Gasteiger charge is 2.43. The van der Waals surface area contributed by atoms with Crippen molar-refractivity contribution in [3.8, 4) is 0 Å². The first-order valence-electron chi connectivity index (χ1n) is 7.24. The highest BCUT2D eigenvalue weighted by atomic mass is 16.6. The Morgan fingerprint density at radius 2 is 2.04 bits per heavy atom. The molecule has 1 aliphatic rings. The number of carboxylic acid groups (broad SMARTS) is 1. The number of aliphatic carboxylic acids is 1. The largest absolute Gasteiger partial charge is 0.480 e. The number of nitrogens with two attached hydrogens (primary N) is 1. The summed E-state index contributed by atoms with van der Waals surface area (Å²) in [6.45, 7) is -0.547. The van der Waals surface area contributed by atoms with Crippen LogP contribution in [0.3, 0.4) is 0 Å². The Kier molecular flexibility index (Phi) is 7.31. The Hall–Kier alpha value is -2.42. The molecule has 1 saturated heterocycles. The molecule has 0 unspecified atom stereocenters. The molecule has 146 valence electrons. The maximum absolute atomic E-state index is 12.0. The number of aromatic nitrogens is 2. The van der Waals surface area contributed by atoms with Crippen molar-refractivity contribution in [3.05, 3.63) is 22.7 Å². The van der Waals surface area contributed by atoms with E-state index in [0.717, 1.165) is 4.57 Å². The van der Waals surface area contributed by atoms with Gasteiger partial charge in [0.15, 0.2) is 6.23 Å². The number of rotatable bonds is 6. The number of hydrogen-bond donors (Lipinski definition) is 6. The summed E-state index contributed by atoms with van der Waals surface area (Å²) < 4.78 is 6.10. The van der Waals surface area contributed by atoms with Crippen LogP contribution in [0.15, 0.2) is 17.1 Å². The minimum absolute atomic E-state index is 0. The first-order valence-corrected chi connectivity index (χ1v) is 7.24. The van der Waals surface area contributed by atoms with Crippen LogP contribution in [0.25, 0.3) is 0 Å². The molecule has 1 amide bonds. The molecule has 0 aromatic carbocycles. The van der Waals surface area contributed by atoms with Gasteiger partial charge in [0, 0.05) is 6.20 Å². The van der Waals surface area contributed by atoms with Gasteiger partial charge in [-0.2, -0.15) is 4.98 Å². The molecular formula is C13H20N4O9. The minimum Gasteiger partial charge on any atom is -0.480 e. The molecule has 1 aromatic rings. The summed E-state index contributed by atoms with van der Waals surface area (Å²) >= 11 is 0. The molecule has 1 fully saturated rings. The molecule has 2 heterocycles. The van der Waals surface area contributed by atoms with E-state index in [0.29, 0.717) is 0 Å². The lowest BCUT2D eigenvalue weighted by atomic mass is 10.1. The molecule has 5 atom stereocenters. The predicted molar refractivity (Wildman–Crippen MR) is 84.0 cm³/mol. The van der Waals surface area contributed by atoms with Gasteiger partial charge in [0.1, 0.15) is 30.2 Å². The topological polar surface area (TPSA) is 229 Å². The second-order valence-electron chi connectivity index (χ2n) is 5.43. The van der Waals surface area contributed by atoms with Crippen LogP contribution in [0, 0.1) is 0 Å². The van der Waals surface area contributed by atoms with Gasteiger partial charge in [-0.15, -0.1) is 0 Å². The zero-order chi connectivity index (χ0) is 18.7. The summed E-state index contributed by atoms with van der Waals surface area (Å²) in [5.74, 6) is -2.23. The monoisotopic (exact) mass is 376 g/mol. The standard InChI is InChI=1S/C13H18N4O8.H2O/c14-5(12(22)23)3-8(19)15-7-1-2-17(13(24)16-7)11-10(21)9(20)6(4-18)25-11;/h1-2,5-6,9-11,18,20-21H,3-4,14H2,(H,22,23)(H,15,16,19,24);1H2/t5-,6+,9+,10-,11+;/m0./s1.